The minimum absolute atomic E-state index is 0.177. The van der Waals surface area contributed by atoms with E-state index in [9.17, 15) is 4.39 Å². The molecule has 0 atom stereocenters. The van der Waals surface area contributed by atoms with Crippen LogP contribution in [0.1, 0.15) is 20.8 Å². The summed E-state index contributed by atoms with van der Waals surface area (Å²) in [5.74, 6) is 0. The van der Waals surface area contributed by atoms with Crippen LogP contribution in [-0.4, -0.2) is 32.0 Å². The van der Waals surface area contributed by atoms with Gasteiger partial charge in [0.2, 0.25) is 0 Å². The first-order valence-corrected chi connectivity index (χ1v) is 4.03. The smallest absolute Gasteiger partial charge is 0.102 e. The fourth-order valence-electron chi connectivity index (χ4n) is 0.898. The third-order valence-electron chi connectivity index (χ3n) is 1.36. The molecule has 0 saturated carbocycles. The lowest BCUT2D eigenvalue weighted by Crippen LogP contribution is -2.38. The van der Waals surface area contributed by atoms with E-state index in [1.165, 1.54) is 0 Å². The maximum Gasteiger partial charge on any atom is 0.102 e. The third-order valence-corrected chi connectivity index (χ3v) is 1.36. The fourth-order valence-corrected chi connectivity index (χ4v) is 0.898. The number of ether oxygens (including phenoxy) is 1. The Kier molecular flexibility index (Phi) is 5.42. The van der Waals surface area contributed by atoms with E-state index < -0.39 is 0 Å². The summed E-state index contributed by atoms with van der Waals surface area (Å²) in [6.07, 6.45) is 0. The van der Waals surface area contributed by atoms with Crippen molar-refractivity contribution in [2.75, 3.05) is 26.4 Å². The first-order chi connectivity index (χ1) is 5.12. The summed E-state index contributed by atoms with van der Waals surface area (Å²) in [6, 6.07) is 0. The molecule has 0 amide bonds. The van der Waals surface area contributed by atoms with Crippen LogP contribution in [0.3, 0.4) is 0 Å². The first kappa shape index (κ1) is 10.8. The summed E-state index contributed by atoms with van der Waals surface area (Å²) >= 11 is 0. The molecule has 11 heavy (non-hydrogen) atoms. The molecule has 0 saturated heterocycles. The Morgan fingerprint density at radius 3 is 2.55 bits per heavy atom. The topological polar surface area (TPSA) is 21.3 Å². The van der Waals surface area contributed by atoms with Crippen molar-refractivity contribution in [3.8, 4) is 0 Å². The van der Waals surface area contributed by atoms with E-state index in [1.54, 1.807) is 0 Å². The summed E-state index contributed by atoms with van der Waals surface area (Å²) in [5.41, 5.74) is -0.177. The zero-order valence-corrected chi connectivity index (χ0v) is 7.61. The Bertz CT molecular complexity index is 96.1. The monoisotopic (exact) mass is 163 g/mol. The molecule has 0 unspecified atom stereocenters. The van der Waals surface area contributed by atoms with Crippen LogP contribution in [-0.2, 0) is 4.74 Å². The van der Waals surface area contributed by atoms with Crippen molar-refractivity contribution in [3.05, 3.63) is 0 Å². The molecule has 0 fully saturated rings. The summed E-state index contributed by atoms with van der Waals surface area (Å²) in [5, 5.41) is 2.96. The summed E-state index contributed by atoms with van der Waals surface area (Å²) < 4.78 is 17.0. The van der Waals surface area contributed by atoms with Crippen LogP contribution >= 0.6 is 0 Å². The molecule has 0 aliphatic rings. The maximum absolute atomic E-state index is 11.7. The molecule has 0 aromatic carbocycles. The first-order valence-electron chi connectivity index (χ1n) is 4.03. The quantitative estimate of drug-likeness (QED) is 0.597. The molecule has 0 bridgehead atoms. The Morgan fingerprint density at radius 1 is 1.45 bits per heavy atom. The summed E-state index contributed by atoms with van der Waals surface area (Å²) in [4.78, 5) is 0. The van der Waals surface area contributed by atoms with Crippen molar-refractivity contribution < 1.29 is 9.13 Å². The van der Waals surface area contributed by atoms with Gasteiger partial charge >= 0.3 is 0 Å². The Labute approximate surface area is 68.1 Å². The van der Waals surface area contributed by atoms with Gasteiger partial charge in [-0.2, -0.15) is 0 Å². The summed E-state index contributed by atoms with van der Waals surface area (Å²) in [6.45, 7) is 7.42. The van der Waals surface area contributed by atoms with Crippen LogP contribution < -0.4 is 5.32 Å². The molecule has 0 rings (SSSR count). The second-order valence-corrected chi connectivity index (χ2v) is 3.06. The normalized spacial score (nSPS) is 12.0. The highest BCUT2D eigenvalue weighted by atomic mass is 19.1. The molecule has 0 aromatic heterocycles. The van der Waals surface area contributed by atoms with Gasteiger partial charge in [0.05, 0.1) is 5.60 Å². The second-order valence-electron chi connectivity index (χ2n) is 3.06. The van der Waals surface area contributed by atoms with Crippen LogP contribution in [0.2, 0.25) is 0 Å². The lowest BCUT2D eigenvalue weighted by Gasteiger charge is -2.24. The van der Waals surface area contributed by atoms with Crippen LogP contribution in [0.15, 0.2) is 0 Å². The van der Waals surface area contributed by atoms with Crippen LogP contribution in [0.4, 0.5) is 4.39 Å². The van der Waals surface area contributed by atoms with E-state index in [0.29, 0.717) is 19.7 Å². The number of hydrogen-bond acceptors (Lipinski definition) is 2. The van der Waals surface area contributed by atoms with Crippen molar-refractivity contribution in [2.24, 2.45) is 0 Å². The van der Waals surface area contributed by atoms with E-state index >= 15 is 0 Å². The molecule has 1 N–H and O–H groups in total. The van der Waals surface area contributed by atoms with Gasteiger partial charge in [-0.1, -0.05) is 0 Å². The molecule has 0 aromatic rings. The molecular weight excluding hydrogens is 145 g/mol. The number of rotatable bonds is 6. The lowest BCUT2D eigenvalue weighted by molar-refractivity contribution is -0.00878. The molecule has 0 radical (unpaired) electrons. The van der Waals surface area contributed by atoms with E-state index in [2.05, 4.69) is 5.32 Å². The van der Waals surface area contributed by atoms with Crippen LogP contribution in [0.25, 0.3) is 0 Å². The van der Waals surface area contributed by atoms with Crippen molar-refractivity contribution in [3.63, 3.8) is 0 Å². The molecule has 0 aliphatic carbocycles. The van der Waals surface area contributed by atoms with Crippen LogP contribution in [0, 0.1) is 0 Å². The van der Waals surface area contributed by atoms with Gasteiger partial charge in [-0.05, 0) is 20.8 Å². The number of hydrogen-bond donors (Lipinski definition) is 1. The zero-order chi connectivity index (χ0) is 8.74. The highest BCUT2D eigenvalue weighted by Crippen LogP contribution is 2.06. The van der Waals surface area contributed by atoms with E-state index in [4.69, 9.17) is 4.74 Å². The summed E-state index contributed by atoms with van der Waals surface area (Å²) in [7, 11) is 0. The number of alkyl halides is 1. The fraction of sp³-hybridized carbons (Fsp3) is 1.00. The maximum atomic E-state index is 11.7. The predicted octanol–water partition coefficient (Wildman–Crippen LogP) is 1.36. The van der Waals surface area contributed by atoms with Crippen molar-refractivity contribution in [1.82, 2.24) is 5.32 Å². The van der Waals surface area contributed by atoms with Crippen molar-refractivity contribution in [2.45, 2.75) is 26.4 Å². The molecule has 2 nitrogen and oxygen atoms in total. The van der Waals surface area contributed by atoms with Gasteiger partial charge in [-0.15, -0.1) is 0 Å². The zero-order valence-electron chi connectivity index (χ0n) is 7.61. The van der Waals surface area contributed by atoms with Gasteiger partial charge in [0.1, 0.15) is 6.67 Å². The average molecular weight is 163 g/mol. The molecule has 0 heterocycles. The predicted molar refractivity (Wildman–Crippen MR) is 44.5 cm³/mol. The van der Waals surface area contributed by atoms with Gasteiger partial charge in [0.25, 0.3) is 0 Å². The highest BCUT2D eigenvalue weighted by Gasteiger charge is 2.15. The highest BCUT2D eigenvalue weighted by molar-refractivity contribution is 4.71. The molecule has 0 aliphatic heterocycles. The van der Waals surface area contributed by atoms with Gasteiger partial charge in [-0.25, -0.2) is 4.39 Å². The van der Waals surface area contributed by atoms with E-state index in [1.807, 2.05) is 20.8 Å². The molecule has 68 valence electrons. The lowest BCUT2D eigenvalue weighted by atomic mass is 10.1. The van der Waals surface area contributed by atoms with Gasteiger partial charge in [0.15, 0.2) is 0 Å². The van der Waals surface area contributed by atoms with E-state index in [-0.39, 0.29) is 12.3 Å². The minimum Gasteiger partial charge on any atom is -0.375 e. The average Bonchev–Trinajstić information content (AvgIpc) is 1.87. The van der Waals surface area contributed by atoms with Gasteiger partial charge in [-0.3, -0.25) is 0 Å². The van der Waals surface area contributed by atoms with Crippen LogP contribution in [0.5, 0.6) is 0 Å². The minimum atomic E-state index is -0.317. The number of halogens is 1. The molecular formula is C8H18FNO. The largest absolute Gasteiger partial charge is 0.375 e. The second kappa shape index (κ2) is 5.49. The van der Waals surface area contributed by atoms with Crippen molar-refractivity contribution in [1.29, 1.82) is 0 Å². The van der Waals surface area contributed by atoms with Gasteiger partial charge in [0, 0.05) is 19.7 Å². The Balaban J connectivity index is 3.38. The Hall–Kier alpha value is -0.150. The SMILES string of the molecule is CCOC(C)(C)CNCCF. The number of nitrogens with one attached hydrogen (secondary N) is 1. The molecule has 3 heteroatoms. The standard InChI is InChI=1S/C8H18FNO/c1-4-11-8(2,3)7-10-6-5-9/h10H,4-7H2,1-3H3. The Morgan fingerprint density at radius 2 is 2.09 bits per heavy atom. The molecule has 0 spiro atoms. The van der Waals surface area contributed by atoms with E-state index in [0.717, 1.165) is 0 Å². The van der Waals surface area contributed by atoms with Crippen molar-refractivity contribution >= 4 is 0 Å². The van der Waals surface area contributed by atoms with Gasteiger partial charge < -0.3 is 10.1 Å². The third kappa shape index (κ3) is 6.26.